The van der Waals surface area contributed by atoms with Crippen molar-refractivity contribution in [2.24, 2.45) is 0 Å². The lowest BCUT2D eigenvalue weighted by atomic mass is 10.1. The number of nitrogens with zero attached hydrogens (tertiary/aromatic N) is 2. The third kappa shape index (κ3) is 3.15. The SMILES string of the molecule is Cc1ccc(Oc2ncnc(Nc3cccc4ccccc34)c2N)cc1. The molecule has 0 aliphatic carbocycles. The smallest absolute Gasteiger partial charge is 0.248 e. The van der Waals surface area contributed by atoms with Crippen LogP contribution in [0.25, 0.3) is 10.8 Å². The summed E-state index contributed by atoms with van der Waals surface area (Å²) in [5, 5.41) is 5.53. The van der Waals surface area contributed by atoms with E-state index in [4.69, 9.17) is 10.5 Å². The molecule has 0 radical (unpaired) electrons. The van der Waals surface area contributed by atoms with Crippen molar-refractivity contribution < 1.29 is 4.74 Å². The van der Waals surface area contributed by atoms with Crippen LogP contribution in [0, 0.1) is 6.92 Å². The van der Waals surface area contributed by atoms with E-state index in [2.05, 4.69) is 33.5 Å². The molecule has 0 amide bonds. The molecule has 26 heavy (non-hydrogen) atoms. The van der Waals surface area contributed by atoms with Crippen LogP contribution >= 0.6 is 0 Å². The van der Waals surface area contributed by atoms with Gasteiger partial charge in [0.25, 0.3) is 0 Å². The molecule has 5 heteroatoms. The quantitative estimate of drug-likeness (QED) is 0.542. The fourth-order valence-corrected chi connectivity index (χ4v) is 2.74. The molecule has 0 fully saturated rings. The number of nitrogens with one attached hydrogen (secondary N) is 1. The van der Waals surface area contributed by atoms with Crippen molar-refractivity contribution in [3.05, 3.63) is 78.6 Å². The molecule has 4 aromatic rings. The van der Waals surface area contributed by atoms with Crippen LogP contribution in [0.2, 0.25) is 0 Å². The monoisotopic (exact) mass is 342 g/mol. The van der Waals surface area contributed by atoms with Gasteiger partial charge in [-0.25, -0.2) is 4.98 Å². The Balaban J connectivity index is 1.66. The summed E-state index contributed by atoms with van der Waals surface area (Å²) in [5.41, 5.74) is 8.69. The standard InChI is InChI=1S/C21H18N4O/c1-14-9-11-16(12-10-14)26-21-19(22)20(23-13-24-21)25-18-8-4-6-15-5-2-3-7-17(15)18/h2-13H,22H2,1H3,(H,23,24,25). The molecule has 5 nitrogen and oxygen atoms in total. The zero-order chi connectivity index (χ0) is 17.9. The van der Waals surface area contributed by atoms with E-state index in [1.54, 1.807) is 0 Å². The maximum atomic E-state index is 6.24. The number of rotatable bonds is 4. The summed E-state index contributed by atoms with van der Waals surface area (Å²) in [7, 11) is 0. The van der Waals surface area contributed by atoms with Crippen molar-refractivity contribution in [3.63, 3.8) is 0 Å². The van der Waals surface area contributed by atoms with Crippen molar-refractivity contribution >= 4 is 28.0 Å². The van der Waals surface area contributed by atoms with Crippen LogP contribution in [-0.4, -0.2) is 9.97 Å². The van der Waals surface area contributed by atoms with Crippen LogP contribution in [0.15, 0.2) is 73.1 Å². The third-order valence-electron chi connectivity index (χ3n) is 4.13. The van der Waals surface area contributed by atoms with E-state index >= 15 is 0 Å². The lowest BCUT2D eigenvalue weighted by molar-refractivity contribution is 0.464. The summed E-state index contributed by atoms with van der Waals surface area (Å²) in [5.74, 6) is 1.52. The fraction of sp³-hybridized carbons (Fsp3) is 0.0476. The van der Waals surface area contributed by atoms with E-state index in [1.165, 1.54) is 6.33 Å². The van der Waals surface area contributed by atoms with Gasteiger partial charge in [-0.15, -0.1) is 0 Å². The summed E-state index contributed by atoms with van der Waals surface area (Å²) in [6, 6.07) is 21.9. The second kappa shape index (κ2) is 6.72. The highest BCUT2D eigenvalue weighted by Gasteiger charge is 2.11. The number of fused-ring (bicyclic) bond motifs is 1. The van der Waals surface area contributed by atoms with Crippen molar-refractivity contribution in [1.29, 1.82) is 0 Å². The molecule has 1 heterocycles. The van der Waals surface area contributed by atoms with Gasteiger partial charge in [0.15, 0.2) is 5.82 Å². The number of benzene rings is 3. The van der Waals surface area contributed by atoms with Crippen LogP contribution in [0.3, 0.4) is 0 Å². The Morgan fingerprint density at radius 3 is 2.50 bits per heavy atom. The van der Waals surface area contributed by atoms with Gasteiger partial charge in [-0.1, -0.05) is 54.1 Å². The normalized spacial score (nSPS) is 10.7. The van der Waals surface area contributed by atoms with Gasteiger partial charge in [0.2, 0.25) is 5.88 Å². The Labute approximate surface area is 151 Å². The minimum atomic E-state index is 0.326. The Kier molecular flexibility index (Phi) is 4.11. The van der Waals surface area contributed by atoms with Gasteiger partial charge < -0.3 is 15.8 Å². The first kappa shape index (κ1) is 15.9. The Morgan fingerprint density at radius 2 is 1.65 bits per heavy atom. The summed E-state index contributed by atoms with van der Waals surface area (Å²) in [6.45, 7) is 2.02. The highest BCUT2D eigenvalue weighted by Crippen LogP contribution is 2.33. The second-order valence-electron chi connectivity index (χ2n) is 6.01. The van der Waals surface area contributed by atoms with E-state index in [9.17, 15) is 0 Å². The lowest BCUT2D eigenvalue weighted by Crippen LogP contribution is -2.03. The second-order valence-corrected chi connectivity index (χ2v) is 6.01. The Morgan fingerprint density at radius 1 is 0.885 bits per heavy atom. The molecule has 128 valence electrons. The third-order valence-corrected chi connectivity index (χ3v) is 4.13. The van der Waals surface area contributed by atoms with Gasteiger partial charge in [-0.3, -0.25) is 0 Å². The first-order valence-corrected chi connectivity index (χ1v) is 8.30. The predicted octanol–water partition coefficient (Wildman–Crippen LogP) is 5.06. The van der Waals surface area contributed by atoms with Gasteiger partial charge in [-0.2, -0.15) is 4.98 Å². The maximum absolute atomic E-state index is 6.24. The summed E-state index contributed by atoms with van der Waals surface area (Å²) in [4.78, 5) is 8.43. The molecule has 0 aliphatic rings. The molecular weight excluding hydrogens is 324 g/mol. The van der Waals surface area contributed by atoms with Gasteiger partial charge >= 0.3 is 0 Å². The molecule has 0 atom stereocenters. The highest BCUT2D eigenvalue weighted by molar-refractivity contribution is 5.96. The van der Waals surface area contributed by atoms with Gasteiger partial charge in [0, 0.05) is 11.1 Å². The Bertz CT molecular complexity index is 1060. The molecule has 0 unspecified atom stereocenters. The van der Waals surface area contributed by atoms with Crippen LogP contribution in [0.5, 0.6) is 11.6 Å². The van der Waals surface area contributed by atoms with E-state index in [0.717, 1.165) is 22.0 Å². The number of aromatic nitrogens is 2. The van der Waals surface area contributed by atoms with Crippen LogP contribution in [0.4, 0.5) is 17.2 Å². The largest absolute Gasteiger partial charge is 0.437 e. The first-order chi connectivity index (χ1) is 12.7. The van der Waals surface area contributed by atoms with Crippen LogP contribution < -0.4 is 15.8 Å². The molecule has 0 bridgehead atoms. The maximum Gasteiger partial charge on any atom is 0.248 e. The summed E-state index contributed by atoms with van der Waals surface area (Å²) < 4.78 is 5.81. The molecule has 3 aromatic carbocycles. The van der Waals surface area contributed by atoms with Crippen molar-refractivity contribution in [2.45, 2.75) is 6.92 Å². The molecule has 4 rings (SSSR count). The van der Waals surface area contributed by atoms with Crippen LogP contribution in [-0.2, 0) is 0 Å². The molecule has 0 saturated heterocycles. The van der Waals surface area contributed by atoms with Crippen molar-refractivity contribution in [3.8, 4) is 11.6 Å². The fourth-order valence-electron chi connectivity index (χ4n) is 2.74. The minimum absolute atomic E-state index is 0.326. The minimum Gasteiger partial charge on any atom is -0.437 e. The van der Waals surface area contributed by atoms with Gasteiger partial charge in [-0.05, 0) is 30.5 Å². The van der Waals surface area contributed by atoms with Crippen LogP contribution in [0.1, 0.15) is 5.56 Å². The number of anilines is 3. The summed E-state index contributed by atoms with van der Waals surface area (Å²) in [6.07, 6.45) is 1.44. The number of nitrogen functional groups attached to an aromatic ring is 1. The van der Waals surface area contributed by atoms with Gasteiger partial charge in [0.1, 0.15) is 17.8 Å². The molecular formula is C21H18N4O. The summed E-state index contributed by atoms with van der Waals surface area (Å²) >= 11 is 0. The lowest BCUT2D eigenvalue weighted by Gasteiger charge is -2.13. The molecule has 3 N–H and O–H groups in total. The number of hydrogen-bond acceptors (Lipinski definition) is 5. The number of nitrogens with two attached hydrogens (primary N) is 1. The number of aryl methyl sites for hydroxylation is 1. The first-order valence-electron chi connectivity index (χ1n) is 8.30. The van der Waals surface area contributed by atoms with E-state index in [-0.39, 0.29) is 0 Å². The Hall–Kier alpha value is -3.60. The van der Waals surface area contributed by atoms with E-state index < -0.39 is 0 Å². The molecule has 1 aromatic heterocycles. The van der Waals surface area contributed by atoms with E-state index in [0.29, 0.717) is 23.1 Å². The zero-order valence-electron chi connectivity index (χ0n) is 14.3. The number of ether oxygens (including phenoxy) is 1. The predicted molar refractivity (Wildman–Crippen MR) is 105 cm³/mol. The average Bonchev–Trinajstić information content (AvgIpc) is 2.67. The topological polar surface area (TPSA) is 73.1 Å². The van der Waals surface area contributed by atoms with Crippen molar-refractivity contribution in [1.82, 2.24) is 9.97 Å². The molecule has 0 spiro atoms. The van der Waals surface area contributed by atoms with Gasteiger partial charge in [0.05, 0.1) is 0 Å². The molecule has 0 aliphatic heterocycles. The average molecular weight is 342 g/mol. The van der Waals surface area contributed by atoms with Crippen molar-refractivity contribution in [2.75, 3.05) is 11.1 Å². The van der Waals surface area contributed by atoms with E-state index in [1.807, 2.05) is 55.5 Å². The number of hydrogen-bond donors (Lipinski definition) is 2. The molecule has 0 saturated carbocycles. The highest BCUT2D eigenvalue weighted by atomic mass is 16.5. The zero-order valence-corrected chi connectivity index (χ0v) is 14.3.